The van der Waals surface area contributed by atoms with Crippen LogP contribution in [-0.2, 0) is 14.3 Å². The quantitative estimate of drug-likeness (QED) is 0.417. The van der Waals surface area contributed by atoms with Crippen LogP contribution < -0.4 is 0 Å². The smallest absolute Gasteiger partial charge is 0.327 e. The van der Waals surface area contributed by atoms with Crippen LogP contribution in [0.25, 0.3) is 5.13 Å². The zero-order valence-electron chi connectivity index (χ0n) is 15.1. The van der Waals surface area contributed by atoms with Crippen LogP contribution in [0.3, 0.4) is 0 Å². The summed E-state index contributed by atoms with van der Waals surface area (Å²) >= 11 is 1.45. The van der Waals surface area contributed by atoms with Gasteiger partial charge in [-0.15, -0.1) is 11.3 Å². The Morgan fingerprint density at radius 3 is 2.63 bits per heavy atom. The summed E-state index contributed by atoms with van der Waals surface area (Å²) < 4.78 is 6.83. The molecule has 0 aromatic carbocycles. The fourth-order valence-electron chi connectivity index (χ4n) is 2.89. The van der Waals surface area contributed by atoms with Gasteiger partial charge in [0, 0.05) is 35.6 Å². The minimum atomic E-state index is -0.811. The third-order valence-electron chi connectivity index (χ3n) is 4.22. The molecule has 10 heteroatoms. The standard InChI is InChI=1S/C17H18N4O5S/c1-10-6-12(11(2)21(10)16-18-4-5-27-16)13(22)9-26-15(24)8-20-14(23)7-19(3)17(20)25/h4-6H,7-9H2,1-3H3. The van der Waals surface area contributed by atoms with E-state index in [4.69, 9.17) is 4.74 Å². The van der Waals surface area contributed by atoms with E-state index in [1.54, 1.807) is 19.2 Å². The van der Waals surface area contributed by atoms with E-state index in [1.807, 2.05) is 16.9 Å². The molecular weight excluding hydrogens is 372 g/mol. The summed E-state index contributed by atoms with van der Waals surface area (Å²) in [4.78, 5) is 54.1. The van der Waals surface area contributed by atoms with Gasteiger partial charge in [-0.3, -0.25) is 23.9 Å². The number of aromatic nitrogens is 2. The summed E-state index contributed by atoms with van der Waals surface area (Å²) in [5, 5.41) is 2.59. The van der Waals surface area contributed by atoms with Gasteiger partial charge in [0.05, 0.1) is 0 Å². The second kappa shape index (κ2) is 7.31. The normalized spacial score (nSPS) is 14.2. The van der Waals surface area contributed by atoms with Crippen LogP contribution in [0.15, 0.2) is 17.6 Å². The Labute approximate surface area is 159 Å². The second-order valence-electron chi connectivity index (χ2n) is 6.14. The van der Waals surface area contributed by atoms with Crippen molar-refractivity contribution in [2.45, 2.75) is 13.8 Å². The first-order valence-corrected chi connectivity index (χ1v) is 9.00. The number of carbonyl (C=O) groups is 4. The Kier molecular flexibility index (Phi) is 5.08. The van der Waals surface area contributed by atoms with Gasteiger partial charge in [0.1, 0.15) is 13.1 Å². The predicted octanol–water partition coefficient (Wildman–Crippen LogP) is 1.17. The highest BCUT2D eigenvalue weighted by molar-refractivity contribution is 7.12. The van der Waals surface area contributed by atoms with Gasteiger partial charge in [0.2, 0.25) is 5.78 Å². The van der Waals surface area contributed by atoms with Crippen molar-refractivity contribution < 1.29 is 23.9 Å². The molecule has 0 bridgehead atoms. The molecule has 142 valence electrons. The Morgan fingerprint density at radius 1 is 1.30 bits per heavy atom. The number of rotatable bonds is 6. The number of nitrogens with zero attached hydrogens (tertiary/aromatic N) is 4. The number of ether oxygens (including phenoxy) is 1. The van der Waals surface area contributed by atoms with E-state index in [0.717, 1.165) is 15.7 Å². The van der Waals surface area contributed by atoms with Crippen molar-refractivity contribution >= 4 is 35.0 Å². The molecule has 0 saturated carbocycles. The lowest BCUT2D eigenvalue weighted by molar-refractivity contribution is -0.145. The molecule has 9 nitrogen and oxygen atoms in total. The molecule has 3 amide bonds. The number of aryl methyl sites for hydroxylation is 1. The summed E-state index contributed by atoms with van der Waals surface area (Å²) in [5.41, 5.74) is 1.98. The summed E-state index contributed by atoms with van der Waals surface area (Å²) in [6.07, 6.45) is 1.68. The molecule has 2 aromatic heterocycles. The minimum absolute atomic E-state index is 0.0756. The summed E-state index contributed by atoms with van der Waals surface area (Å²) in [5.74, 6) is -1.65. The third-order valence-corrected chi connectivity index (χ3v) is 4.98. The molecule has 1 aliphatic heterocycles. The molecule has 0 N–H and O–H groups in total. The topological polar surface area (TPSA) is 102 Å². The van der Waals surface area contributed by atoms with E-state index >= 15 is 0 Å². The monoisotopic (exact) mass is 390 g/mol. The molecular formula is C17H18N4O5S. The maximum absolute atomic E-state index is 12.5. The summed E-state index contributed by atoms with van der Waals surface area (Å²) in [7, 11) is 1.47. The lowest BCUT2D eigenvalue weighted by Crippen LogP contribution is -2.37. The zero-order chi connectivity index (χ0) is 19.7. The van der Waals surface area contributed by atoms with Crippen LogP contribution in [0.1, 0.15) is 21.7 Å². The van der Waals surface area contributed by atoms with Crippen LogP contribution >= 0.6 is 11.3 Å². The Morgan fingerprint density at radius 2 is 2.04 bits per heavy atom. The van der Waals surface area contributed by atoms with Gasteiger partial charge in [-0.1, -0.05) is 0 Å². The van der Waals surface area contributed by atoms with E-state index < -0.39 is 31.1 Å². The molecule has 0 radical (unpaired) electrons. The number of amides is 3. The van der Waals surface area contributed by atoms with Gasteiger partial charge in [0.15, 0.2) is 11.7 Å². The van der Waals surface area contributed by atoms with Crippen molar-refractivity contribution in [2.24, 2.45) is 0 Å². The van der Waals surface area contributed by atoms with Gasteiger partial charge in [-0.25, -0.2) is 9.78 Å². The highest BCUT2D eigenvalue weighted by Gasteiger charge is 2.35. The molecule has 0 aliphatic carbocycles. The molecule has 1 aliphatic rings. The number of imide groups is 1. The number of hydrogen-bond acceptors (Lipinski definition) is 7. The van der Waals surface area contributed by atoms with Gasteiger partial charge in [-0.2, -0.15) is 0 Å². The number of urea groups is 1. The average Bonchev–Trinajstić information content (AvgIpc) is 3.29. The van der Waals surface area contributed by atoms with Crippen LogP contribution in [0.4, 0.5) is 4.79 Å². The number of esters is 1. The maximum Gasteiger partial charge on any atom is 0.327 e. The van der Waals surface area contributed by atoms with E-state index in [2.05, 4.69) is 4.98 Å². The number of ketones is 1. The third kappa shape index (κ3) is 3.61. The molecule has 1 saturated heterocycles. The SMILES string of the molecule is Cc1cc(C(=O)COC(=O)CN2C(=O)CN(C)C2=O)c(C)n1-c1nccs1. The Hall–Kier alpha value is -3.01. The molecule has 2 aromatic rings. The molecule has 1 fully saturated rings. The zero-order valence-corrected chi connectivity index (χ0v) is 15.9. The maximum atomic E-state index is 12.5. The highest BCUT2D eigenvalue weighted by atomic mass is 32.1. The van der Waals surface area contributed by atoms with E-state index in [9.17, 15) is 19.2 Å². The van der Waals surface area contributed by atoms with Crippen molar-refractivity contribution in [2.75, 3.05) is 26.7 Å². The predicted molar refractivity (Wildman–Crippen MR) is 95.9 cm³/mol. The number of thiazole rings is 1. The van der Waals surface area contributed by atoms with Gasteiger partial charge < -0.3 is 9.64 Å². The van der Waals surface area contributed by atoms with Crippen molar-refractivity contribution in [1.82, 2.24) is 19.4 Å². The fourth-order valence-corrected chi connectivity index (χ4v) is 3.64. The summed E-state index contributed by atoms with van der Waals surface area (Å²) in [6, 6.07) is 1.16. The van der Waals surface area contributed by atoms with Gasteiger partial charge >= 0.3 is 12.0 Å². The van der Waals surface area contributed by atoms with Crippen LogP contribution in [0.5, 0.6) is 0 Å². The van der Waals surface area contributed by atoms with Gasteiger partial charge in [0.25, 0.3) is 5.91 Å². The van der Waals surface area contributed by atoms with Crippen LogP contribution in [0, 0.1) is 13.8 Å². The first kappa shape index (κ1) is 18.8. The average molecular weight is 390 g/mol. The second-order valence-corrected chi connectivity index (χ2v) is 7.01. The Balaban J connectivity index is 1.63. The number of likely N-dealkylation sites (N-methyl/N-ethyl adjacent to an activating group) is 1. The van der Waals surface area contributed by atoms with Crippen molar-refractivity contribution in [3.8, 4) is 5.13 Å². The first-order valence-electron chi connectivity index (χ1n) is 8.12. The summed E-state index contributed by atoms with van der Waals surface area (Å²) in [6.45, 7) is 2.60. The first-order chi connectivity index (χ1) is 12.8. The molecule has 3 heterocycles. The highest BCUT2D eigenvalue weighted by Crippen LogP contribution is 2.22. The molecule has 0 atom stereocenters. The molecule has 27 heavy (non-hydrogen) atoms. The number of carbonyl (C=O) groups excluding carboxylic acids is 4. The van der Waals surface area contributed by atoms with Crippen molar-refractivity contribution in [3.05, 3.63) is 34.6 Å². The molecule has 0 unspecified atom stereocenters. The minimum Gasteiger partial charge on any atom is -0.456 e. The van der Waals surface area contributed by atoms with E-state index in [0.29, 0.717) is 11.3 Å². The number of hydrogen-bond donors (Lipinski definition) is 0. The van der Waals surface area contributed by atoms with Crippen molar-refractivity contribution in [1.29, 1.82) is 0 Å². The lowest BCUT2D eigenvalue weighted by atomic mass is 10.1. The Bertz CT molecular complexity index is 918. The molecule has 0 spiro atoms. The van der Waals surface area contributed by atoms with Crippen LogP contribution in [0.2, 0.25) is 0 Å². The molecule has 3 rings (SSSR count). The largest absolute Gasteiger partial charge is 0.456 e. The van der Waals surface area contributed by atoms with Crippen molar-refractivity contribution in [3.63, 3.8) is 0 Å². The fraction of sp³-hybridized carbons (Fsp3) is 0.353. The van der Waals surface area contributed by atoms with E-state index in [1.165, 1.54) is 23.3 Å². The number of Topliss-reactive ketones (excluding diaryl/α,β-unsaturated/α-hetero) is 1. The van der Waals surface area contributed by atoms with Gasteiger partial charge in [-0.05, 0) is 19.9 Å². The van der Waals surface area contributed by atoms with E-state index in [-0.39, 0.29) is 12.3 Å². The van der Waals surface area contributed by atoms with Crippen LogP contribution in [-0.4, -0.2) is 69.8 Å². The lowest BCUT2D eigenvalue weighted by Gasteiger charge is -2.13.